The number of hydrogen-bond acceptors (Lipinski definition) is 3. The third-order valence-corrected chi connectivity index (χ3v) is 1.63. The van der Waals surface area contributed by atoms with Crippen molar-refractivity contribution in [1.29, 1.82) is 5.26 Å². The van der Waals surface area contributed by atoms with E-state index in [-0.39, 0.29) is 23.1 Å². The monoisotopic (exact) mass is 200 g/mol. The van der Waals surface area contributed by atoms with Crippen LogP contribution in [0.5, 0.6) is 5.75 Å². The van der Waals surface area contributed by atoms with Crippen molar-refractivity contribution in [2.24, 2.45) is 0 Å². The molecule has 0 heterocycles. The van der Waals surface area contributed by atoms with Gasteiger partial charge in [0.2, 0.25) is 0 Å². The second-order valence-corrected chi connectivity index (χ2v) is 2.66. The van der Waals surface area contributed by atoms with Crippen molar-refractivity contribution in [3.63, 3.8) is 0 Å². The molecule has 1 aromatic carbocycles. The van der Waals surface area contributed by atoms with Gasteiger partial charge in [-0.2, -0.15) is 5.26 Å². The molecule has 0 radical (unpaired) electrons. The summed E-state index contributed by atoms with van der Waals surface area (Å²) in [4.78, 5) is 0. The summed E-state index contributed by atoms with van der Waals surface area (Å²) in [6.45, 7) is -0.175. The van der Waals surface area contributed by atoms with Gasteiger partial charge in [0, 0.05) is 6.07 Å². The number of nitrogens with two attached hydrogens (primary N) is 1. The van der Waals surface area contributed by atoms with E-state index >= 15 is 0 Å². The summed E-state index contributed by atoms with van der Waals surface area (Å²) in [5.74, 6) is -0.493. The Kier molecular flexibility index (Phi) is 2.93. The lowest BCUT2D eigenvalue weighted by molar-refractivity contribution is 0.368. The maximum absolute atomic E-state index is 12.8. The van der Waals surface area contributed by atoms with E-state index in [4.69, 9.17) is 27.3 Å². The lowest BCUT2D eigenvalue weighted by Crippen LogP contribution is -1.98. The van der Waals surface area contributed by atoms with Gasteiger partial charge in [0.05, 0.1) is 10.7 Å². The Balaban J connectivity index is 2.96. The number of halogens is 2. The van der Waals surface area contributed by atoms with Crippen LogP contribution in [0.3, 0.4) is 0 Å². The molecule has 3 nitrogen and oxygen atoms in total. The Morgan fingerprint density at radius 1 is 1.62 bits per heavy atom. The molecule has 2 N–H and O–H groups in total. The van der Waals surface area contributed by atoms with Crippen molar-refractivity contribution in [1.82, 2.24) is 0 Å². The van der Waals surface area contributed by atoms with Crippen LogP contribution in [-0.2, 0) is 0 Å². The van der Waals surface area contributed by atoms with E-state index in [1.807, 2.05) is 0 Å². The molecule has 5 heteroatoms. The van der Waals surface area contributed by atoms with Gasteiger partial charge in [-0.05, 0) is 6.07 Å². The van der Waals surface area contributed by atoms with Gasteiger partial charge in [-0.1, -0.05) is 11.6 Å². The van der Waals surface area contributed by atoms with Crippen LogP contribution in [0.4, 0.5) is 10.1 Å². The average molecular weight is 201 g/mol. The van der Waals surface area contributed by atoms with E-state index in [0.717, 1.165) is 6.07 Å². The Morgan fingerprint density at radius 2 is 2.31 bits per heavy atom. The van der Waals surface area contributed by atoms with Crippen LogP contribution in [0.1, 0.15) is 0 Å². The highest BCUT2D eigenvalue weighted by Gasteiger charge is 2.06. The molecule has 0 spiro atoms. The summed E-state index contributed by atoms with van der Waals surface area (Å²) < 4.78 is 17.7. The molecule has 0 aliphatic carbocycles. The fourth-order valence-corrected chi connectivity index (χ4v) is 0.951. The molecular formula is C8H6ClFN2O. The first kappa shape index (κ1) is 9.62. The van der Waals surface area contributed by atoms with Crippen LogP contribution in [0.15, 0.2) is 12.1 Å². The van der Waals surface area contributed by atoms with Gasteiger partial charge in [-0.3, -0.25) is 0 Å². The molecule has 68 valence electrons. The van der Waals surface area contributed by atoms with Gasteiger partial charge in [-0.15, -0.1) is 0 Å². The molecule has 13 heavy (non-hydrogen) atoms. The number of anilines is 1. The van der Waals surface area contributed by atoms with Crippen LogP contribution >= 0.6 is 11.6 Å². The molecule has 0 amide bonds. The Bertz CT molecular complexity index is 362. The zero-order chi connectivity index (χ0) is 9.84. The van der Waals surface area contributed by atoms with E-state index in [2.05, 4.69) is 0 Å². The molecule has 1 aromatic rings. The minimum Gasteiger partial charge on any atom is -0.476 e. The lowest BCUT2D eigenvalue weighted by atomic mass is 10.3. The third-order valence-electron chi connectivity index (χ3n) is 1.34. The van der Waals surface area contributed by atoms with Crippen molar-refractivity contribution < 1.29 is 9.13 Å². The number of nitriles is 1. The standard InChI is InChI=1S/C8H6ClFN2O/c9-5-3-7(12)8(4-6(5)10)13-2-1-11/h3-4H,2,12H2. The predicted octanol–water partition coefficient (Wildman–Crippen LogP) is 1.96. The van der Waals surface area contributed by atoms with Crippen LogP contribution in [0, 0.1) is 17.1 Å². The molecule has 0 aliphatic rings. The maximum Gasteiger partial charge on any atom is 0.174 e. The highest BCUT2D eigenvalue weighted by Crippen LogP contribution is 2.27. The number of rotatable bonds is 2. The molecule has 1 rings (SSSR count). The highest BCUT2D eigenvalue weighted by atomic mass is 35.5. The normalized spacial score (nSPS) is 9.31. The third kappa shape index (κ3) is 2.23. The zero-order valence-corrected chi connectivity index (χ0v) is 7.31. The zero-order valence-electron chi connectivity index (χ0n) is 6.55. The Labute approximate surface area is 79.5 Å². The number of ether oxygens (including phenoxy) is 1. The first-order valence-corrected chi connectivity index (χ1v) is 3.77. The molecule has 0 unspecified atom stereocenters. The van der Waals surface area contributed by atoms with E-state index in [9.17, 15) is 4.39 Å². The maximum atomic E-state index is 12.8. The van der Waals surface area contributed by atoms with Gasteiger partial charge in [0.15, 0.2) is 6.61 Å². The van der Waals surface area contributed by atoms with Gasteiger partial charge >= 0.3 is 0 Å². The fourth-order valence-electron chi connectivity index (χ4n) is 0.779. The molecule has 0 saturated carbocycles. The van der Waals surface area contributed by atoms with E-state index in [1.54, 1.807) is 6.07 Å². The topological polar surface area (TPSA) is 59.0 Å². The minimum atomic E-state index is -0.621. The average Bonchev–Trinajstić information content (AvgIpc) is 2.09. The summed E-state index contributed by atoms with van der Waals surface area (Å²) in [7, 11) is 0. The first-order chi connectivity index (χ1) is 6.15. The van der Waals surface area contributed by atoms with Gasteiger partial charge < -0.3 is 10.5 Å². The van der Waals surface area contributed by atoms with Crippen LogP contribution in [-0.4, -0.2) is 6.61 Å². The summed E-state index contributed by atoms with van der Waals surface area (Å²) in [5, 5.41) is 8.14. The number of nitrogen functional groups attached to an aromatic ring is 1. The lowest BCUT2D eigenvalue weighted by Gasteiger charge is -2.05. The van der Waals surface area contributed by atoms with Crippen molar-refractivity contribution in [2.45, 2.75) is 0 Å². The summed E-state index contributed by atoms with van der Waals surface area (Å²) in [6, 6.07) is 4.03. The van der Waals surface area contributed by atoms with E-state index in [0.29, 0.717) is 0 Å². The van der Waals surface area contributed by atoms with Crippen molar-refractivity contribution >= 4 is 17.3 Å². The quantitative estimate of drug-likeness (QED) is 0.743. The second-order valence-electron chi connectivity index (χ2n) is 2.25. The molecule has 0 aliphatic heterocycles. The van der Waals surface area contributed by atoms with Crippen molar-refractivity contribution in [3.05, 3.63) is 23.0 Å². The predicted molar refractivity (Wildman–Crippen MR) is 46.9 cm³/mol. The smallest absolute Gasteiger partial charge is 0.174 e. The molecule has 0 atom stereocenters. The van der Waals surface area contributed by atoms with Crippen LogP contribution in [0.25, 0.3) is 0 Å². The first-order valence-electron chi connectivity index (χ1n) is 3.39. The molecule has 0 fully saturated rings. The van der Waals surface area contributed by atoms with Gasteiger partial charge in [-0.25, -0.2) is 4.39 Å². The molecule has 0 bridgehead atoms. The minimum absolute atomic E-state index is 0.0678. The van der Waals surface area contributed by atoms with Gasteiger partial charge in [0.1, 0.15) is 17.6 Å². The molecule has 0 aromatic heterocycles. The van der Waals surface area contributed by atoms with Crippen molar-refractivity contribution in [3.8, 4) is 11.8 Å². The number of benzene rings is 1. The number of nitrogens with zero attached hydrogens (tertiary/aromatic N) is 1. The second kappa shape index (κ2) is 3.97. The Morgan fingerprint density at radius 3 is 2.92 bits per heavy atom. The molecule has 0 saturated heterocycles. The van der Waals surface area contributed by atoms with E-state index < -0.39 is 5.82 Å². The SMILES string of the molecule is N#CCOc1cc(F)c(Cl)cc1N. The number of hydrogen-bond donors (Lipinski definition) is 1. The summed E-state index contributed by atoms with van der Waals surface area (Å²) >= 11 is 5.44. The highest BCUT2D eigenvalue weighted by molar-refractivity contribution is 6.31. The summed E-state index contributed by atoms with van der Waals surface area (Å²) in [5.41, 5.74) is 5.66. The van der Waals surface area contributed by atoms with Crippen LogP contribution < -0.4 is 10.5 Å². The van der Waals surface area contributed by atoms with Crippen molar-refractivity contribution in [2.75, 3.05) is 12.3 Å². The van der Waals surface area contributed by atoms with E-state index in [1.165, 1.54) is 6.07 Å². The fraction of sp³-hybridized carbons (Fsp3) is 0.125. The Hall–Kier alpha value is -1.47. The largest absolute Gasteiger partial charge is 0.476 e. The van der Waals surface area contributed by atoms with Gasteiger partial charge in [0.25, 0.3) is 0 Å². The molecular weight excluding hydrogens is 195 g/mol. The summed E-state index contributed by atoms with van der Waals surface area (Å²) in [6.07, 6.45) is 0. The van der Waals surface area contributed by atoms with Crippen LogP contribution in [0.2, 0.25) is 5.02 Å².